The Morgan fingerprint density at radius 3 is 2.44 bits per heavy atom. The fourth-order valence-electron chi connectivity index (χ4n) is 3.19. The van der Waals surface area contributed by atoms with Crippen LogP contribution in [0.1, 0.15) is 31.9 Å². The Morgan fingerprint density at radius 1 is 1.07 bits per heavy atom. The quantitative estimate of drug-likeness (QED) is 0.813. The van der Waals surface area contributed by atoms with Gasteiger partial charge in [0.2, 0.25) is 5.91 Å². The molecule has 0 spiro atoms. The third-order valence-corrected chi connectivity index (χ3v) is 4.62. The number of carbonyl (C=O) groups excluding carboxylic acids is 2. The maximum absolute atomic E-state index is 13.0. The number of urea groups is 1. The van der Waals surface area contributed by atoms with E-state index < -0.39 is 6.04 Å². The second-order valence-corrected chi connectivity index (χ2v) is 8.23. The number of nitrogens with one attached hydrogen (secondary N) is 2. The van der Waals surface area contributed by atoms with E-state index in [9.17, 15) is 9.59 Å². The lowest BCUT2D eigenvalue weighted by molar-refractivity contribution is -0.127. The van der Waals surface area contributed by atoms with Crippen LogP contribution in [0.15, 0.2) is 48.5 Å². The van der Waals surface area contributed by atoms with Crippen LogP contribution in [0.3, 0.4) is 0 Å². The third kappa shape index (κ3) is 4.80. The molecule has 2 aromatic carbocycles. The van der Waals surface area contributed by atoms with Crippen molar-refractivity contribution < 1.29 is 9.59 Å². The van der Waals surface area contributed by atoms with Gasteiger partial charge in [0.15, 0.2) is 0 Å². The molecule has 142 valence electrons. The van der Waals surface area contributed by atoms with Crippen LogP contribution in [0.25, 0.3) is 0 Å². The molecule has 6 heteroatoms. The summed E-state index contributed by atoms with van der Waals surface area (Å²) in [5.41, 5.74) is 2.38. The smallest absolute Gasteiger partial charge is 0.322 e. The summed E-state index contributed by atoms with van der Waals surface area (Å²) in [7, 11) is 0. The van der Waals surface area contributed by atoms with E-state index in [-0.39, 0.29) is 17.5 Å². The van der Waals surface area contributed by atoms with Crippen molar-refractivity contribution in [1.29, 1.82) is 0 Å². The number of carbonyl (C=O) groups is 2. The van der Waals surface area contributed by atoms with Crippen LogP contribution < -0.4 is 10.6 Å². The molecule has 0 bridgehead atoms. The lowest BCUT2D eigenvalue weighted by Crippen LogP contribution is -2.56. The maximum Gasteiger partial charge on any atom is 0.322 e. The summed E-state index contributed by atoms with van der Waals surface area (Å²) < 4.78 is 0. The molecule has 0 radical (unpaired) electrons. The lowest BCUT2D eigenvalue weighted by Gasteiger charge is -2.37. The van der Waals surface area contributed by atoms with Crippen LogP contribution in [0.4, 0.5) is 10.5 Å². The van der Waals surface area contributed by atoms with Gasteiger partial charge in [-0.2, -0.15) is 0 Å². The number of benzene rings is 2. The van der Waals surface area contributed by atoms with Crippen molar-refractivity contribution in [3.8, 4) is 0 Å². The van der Waals surface area contributed by atoms with Gasteiger partial charge in [0.25, 0.3) is 0 Å². The molecule has 27 heavy (non-hydrogen) atoms. The fraction of sp³-hybridized carbons (Fsp3) is 0.333. The molecule has 1 atom stereocenters. The molecule has 1 heterocycles. The number of hydrogen-bond acceptors (Lipinski definition) is 2. The van der Waals surface area contributed by atoms with E-state index in [1.165, 1.54) is 0 Å². The molecule has 0 saturated carbocycles. The number of hydrogen-bond donors (Lipinski definition) is 2. The first-order valence-corrected chi connectivity index (χ1v) is 9.33. The van der Waals surface area contributed by atoms with E-state index in [4.69, 9.17) is 11.6 Å². The van der Waals surface area contributed by atoms with Crippen LogP contribution in [-0.4, -0.2) is 28.4 Å². The average Bonchev–Trinajstić information content (AvgIpc) is 2.59. The molecule has 0 aliphatic carbocycles. The zero-order valence-corrected chi connectivity index (χ0v) is 16.5. The number of halogens is 1. The van der Waals surface area contributed by atoms with Gasteiger partial charge in [0.05, 0.1) is 0 Å². The molecule has 0 saturated heterocycles. The van der Waals surface area contributed by atoms with Crippen LogP contribution in [0, 0.1) is 0 Å². The second kappa shape index (κ2) is 7.61. The fourth-order valence-corrected chi connectivity index (χ4v) is 3.38. The van der Waals surface area contributed by atoms with E-state index in [0.29, 0.717) is 23.7 Å². The van der Waals surface area contributed by atoms with Gasteiger partial charge in [0, 0.05) is 29.2 Å². The summed E-state index contributed by atoms with van der Waals surface area (Å²) in [6, 6.07) is 14.0. The normalized spacial score (nSPS) is 16.4. The highest BCUT2D eigenvalue weighted by Crippen LogP contribution is 2.25. The Hall–Kier alpha value is -2.53. The minimum Gasteiger partial charge on any atom is -0.350 e. The molecule has 3 rings (SSSR count). The van der Waals surface area contributed by atoms with Gasteiger partial charge in [-0.3, -0.25) is 4.79 Å². The predicted molar refractivity (Wildman–Crippen MR) is 108 cm³/mol. The summed E-state index contributed by atoms with van der Waals surface area (Å²) in [5.74, 6) is -0.154. The van der Waals surface area contributed by atoms with Crippen molar-refractivity contribution in [2.24, 2.45) is 0 Å². The van der Waals surface area contributed by atoms with Crippen molar-refractivity contribution in [2.75, 3.05) is 5.32 Å². The summed E-state index contributed by atoms with van der Waals surface area (Å²) in [6.07, 6.45) is 0.487. The van der Waals surface area contributed by atoms with Crippen molar-refractivity contribution in [3.05, 3.63) is 64.7 Å². The van der Waals surface area contributed by atoms with Gasteiger partial charge < -0.3 is 15.5 Å². The van der Waals surface area contributed by atoms with Gasteiger partial charge in [-0.05, 0) is 50.1 Å². The van der Waals surface area contributed by atoms with Crippen LogP contribution in [0.2, 0.25) is 5.02 Å². The Labute approximate surface area is 164 Å². The molecule has 1 aliphatic heterocycles. The zero-order valence-electron chi connectivity index (χ0n) is 15.8. The number of fused-ring (bicyclic) bond motifs is 1. The van der Waals surface area contributed by atoms with Crippen LogP contribution in [-0.2, 0) is 17.8 Å². The molecule has 2 aromatic rings. The first kappa shape index (κ1) is 19.2. The van der Waals surface area contributed by atoms with Gasteiger partial charge >= 0.3 is 6.03 Å². The number of amides is 3. The zero-order chi connectivity index (χ0) is 19.6. The predicted octanol–water partition coefficient (Wildman–Crippen LogP) is 4.21. The van der Waals surface area contributed by atoms with E-state index >= 15 is 0 Å². The highest BCUT2D eigenvalue weighted by Gasteiger charge is 2.35. The van der Waals surface area contributed by atoms with Crippen molar-refractivity contribution in [3.63, 3.8) is 0 Å². The van der Waals surface area contributed by atoms with Gasteiger partial charge in [-0.1, -0.05) is 41.9 Å². The Kier molecular flexibility index (Phi) is 5.42. The number of rotatable bonds is 2. The van der Waals surface area contributed by atoms with Gasteiger partial charge in [0.1, 0.15) is 6.04 Å². The van der Waals surface area contributed by atoms with E-state index in [2.05, 4.69) is 10.6 Å². The molecular formula is C21H24ClN3O2. The third-order valence-electron chi connectivity index (χ3n) is 4.39. The monoisotopic (exact) mass is 385 g/mol. The van der Waals surface area contributed by atoms with E-state index in [1.54, 1.807) is 29.2 Å². The highest BCUT2D eigenvalue weighted by atomic mass is 35.5. The van der Waals surface area contributed by atoms with Crippen molar-refractivity contribution in [1.82, 2.24) is 10.2 Å². The summed E-state index contributed by atoms with van der Waals surface area (Å²) in [6.45, 7) is 6.17. The van der Waals surface area contributed by atoms with Crippen LogP contribution in [0.5, 0.6) is 0 Å². The van der Waals surface area contributed by atoms with Gasteiger partial charge in [-0.15, -0.1) is 0 Å². The summed E-state index contributed by atoms with van der Waals surface area (Å²) >= 11 is 6.00. The lowest BCUT2D eigenvalue weighted by atomic mass is 9.93. The molecule has 0 unspecified atom stereocenters. The molecule has 0 fully saturated rings. The Morgan fingerprint density at radius 2 is 1.78 bits per heavy atom. The first-order valence-electron chi connectivity index (χ1n) is 8.95. The standard InChI is InChI=1S/C21H24ClN3O2/c1-21(2,3)24-19(26)18-11-14-7-4-5-8-15(14)13-25(18)20(27)23-17-10-6-9-16(22)12-17/h4-10,12,18H,11,13H2,1-3H3,(H,23,27)(H,24,26)/t18-/m1/s1. The molecule has 2 N–H and O–H groups in total. The minimum absolute atomic E-state index is 0.154. The molecular weight excluding hydrogens is 362 g/mol. The van der Waals surface area contributed by atoms with E-state index in [0.717, 1.165) is 11.1 Å². The molecule has 3 amide bonds. The molecule has 5 nitrogen and oxygen atoms in total. The van der Waals surface area contributed by atoms with Crippen molar-refractivity contribution in [2.45, 2.75) is 45.3 Å². The second-order valence-electron chi connectivity index (χ2n) is 7.80. The molecule has 0 aromatic heterocycles. The SMILES string of the molecule is CC(C)(C)NC(=O)[C@H]1Cc2ccccc2CN1C(=O)Nc1cccc(Cl)c1. The van der Waals surface area contributed by atoms with Crippen molar-refractivity contribution >= 4 is 29.2 Å². The Bertz CT molecular complexity index is 861. The number of nitrogens with zero attached hydrogens (tertiary/aromatic N) is 1. The average molecular weight is 386 g/mol. The summed E-state index contributed by atoms with van der Waals surface area (Å²) in [4.78, 5) is 27.4. The van der Waals surface area contributed by atoms with E-state index in [1.807, 2.05) is 45.0 Å². The summed E-state index contributed by atoms with van der Waals surface area (Å²) in [5, 5.41) is 6.39. The Balaban J connectivity index is 1.86. The van der Waals surface area contributed by atoms with Crippen LogP contribution >= 0.6 is 11.6 Å². The maximum atomic E-state index is 13.0. The molecule has 1 aliphatic rings. The topological polar surface area (TPSA) is 61.4 Å². The first-order chi connectivity index (χ1) is 12.7. The largest absolute Gasteiger partial charge is 0.350 e. The number of anilines is 1. The highest BCUT2D eigenvalue weighted by molar-refractivity contribution is 6.30. The minimum atomic E-state index is -0.571. The van der Waals surface area contributed by atoms with Gasteiger partial charge in [-0.25, -0.2) is 4.79 Å².